The van der Waals surface area contributed by atoms with E-state index >= 15 is 0 Å². The molecule has 0 saturated heterocycles. The van der Waals surface area contributed by atoms with E-state index in [1.165, 1.54) is 11.1 Å². The van der Waals surface area contributed by atoms with Gasteiger partial charge in [0, 0.05) is 19.7 Å². The normalized spacial score (nSPS) is 10.6. The summed E-state index contributed by atoms with van der Waals surface area (Å²) in [5, 5.41) is 3.30. The Hall–Kier alpha value is -1.06. The third-order valence-corrected chi connectivity index (χ3v) is 2.71. The molecule has 0 aliphatic carbocycles. The van der Waals surface area contributed by atoms with Crippen molar-refractivity contribution in [3.63, 3.8) is 0 Å². The summed E-state index contributed by atoms with van der Waals surface area (Å²) >= 11 is 0. The Morgan fingerprint density at radius 2 is 1.67 bits per heavy atom. The summed E-state index contributed by atoms with van der Waals surface area (Å²) in [5.74, 6) is 1.02. The van der Waals surface area contributed by atoms with Crippen molar-refractivity contribution in [2.24, 2.45) is 0 Å². The largest absolute Gasteiger partial charge is 0.492 e. The van der Waals surface area contributed by atoms with Crippen LogP contribution in [0.15, 0.2) is 18.2 Å². The predicted molar refractivity (Wildman–Crippen MR) is 75.4 cm³/mol. The predicted octanol–water partition coefficient (Wildman–Crippen LogP) is 2.70. The van der Waals surface area contributed by atoms with E-state index in [1.807, 2.05) is 0 Å². The molecule has 1 aromatic rings. The molecule has 0 aliphatic rings. The van der Waals surface area contributed by atoms with Gasteiger partial charge >= 0.3 is 0 Å². The molecule has 0 unspecified atom stereocenters. The van der Waals surface area contributed by atoms with Gasteiger partial charge in [0.25, 0.3) is 0 Å². The van der Waals surface area contributed by atoms with Crippen LogP contribution in [-0.4, -0.2) is 32.9 Å². The Bertz CT molecular complexity index is 319. The molecule has 1 aromatic carbocycles. The van der Waals surface area contributed by atoms with Crippen LogP contribution in [0.5, 0.6) is 5.75 Å². The molecule has 0 heterocycles. The number of rotatable bonds is 9. The maximum absolute atomic E-state index is 5.79. The van der Waals surface area contributed by atoms with Crippen LogP contribution in [0.25, 0.3) is 0 Å². The Morgan fingerprint density at radius 1 is 1.00 bits per heavy atom. The molecule has 0 spiro atoms. The number of ether oxygens (including phenoxy) is 2. The van der Waals surface area contributed by atoms with E-state index < -0.39 is 0 Å². The highest BCUT2D eigenvalue weighted by Crippen LogP contribution is 2.21. The lowest BCUT2D eigenvalue weighted by atomic mass is 10.1. The van der Waals surface area contributed by atoms with Crippen LogP contribution >= 0.6 is 0 Å². The van der Waals surface area contributed by atoms with E-state index in [-0.39, 0.29) is 0 Å². The molecule has 18 heavy (non-hydrogen) atoms. The first-order valence-electron chi connectivity index (χ1n) is 6.73. The van der Waals surface area contributed by atoms with Gasteiger partial charge in [0.2, 0.25) is 0 Å². The summed E-state index contributed by atoms with van der Waals surface area (Å²) in [6.45, 7) is 10.3. The number of hydrogen-bond acceptors (Lipinski definition) is 3. The number of para-hydroxylation sites is 1. The Balaban J connectivity index is 2.11. The minimum atomic E-state index is 0.694. The van der Waals surface area contributed by atoms with Gasteiger partial charge in [-0.05, 0) is 31.4 Å². The van der Waals surface area contributed by atoms with Crippen molar-refractivity contribution in [2.75, 3.05) is 32.9 Å². The third-order valence-electron chi connectivity index (χ3n) is 2.71. The number of nitrogens with one attached hydrogen (secondary N) is 1. The van der Waals surface area contributed by atoms with Gasteiger partial charge in [0.05, 0.1) is 6.61 Å². The van der Waals surface area contributed by atoms with E-state index in [0.29, 0.717) is 6.61 Å². The maximum atomic E-state index is 5.79. The molecule has 0 aromatic heterocycles. The highest BCUT2D eigenvalue weighted by molar-refractivity contribution is 5.39. The second-order valence-corrected chi connectivity index (χ2v) is 4.43. The van der Waals surface area contributed by atoms with Crippen LogP contribution < -0.4 is 10.1 Å². The summed E-state index contributed by atoms with van der Waals surface area (Å²) in [4.78, 5) is 0. The van der Waals surface area contributed by atoms with Crippen LogP contribution in [0, 0.1) is 13.8 Å². The van der Waals surface area contributed by atoms with Gasteiger partial charge in [0.1, 0.15) is 12.4 Å². The van der Waals surface area contributed by atoms with Gasteiger partial charge < -0.3 is 14.8 Å². The first-order chi connectivity index (χ1) is 8.75. The number of aryl methyl sites for hydroxylation is 2. The summed E-state index contributed by atoms with van der Waals surface area (Å²) in [5.41, 5.74) is 2.39. The first kappa shape index (κ1) is 15.0. The van der Waals surface area contributed by atoms with Crippen molar-refractivity contribution in [1.29, 1.82) is 0 Å². The van der Waals surface area contributed by atoms with Gasteiger partial charge in [-0.25, -0.2) is 0 Å². The minimum absolute atomic E-state index is 0.694. The summed E-state index contributed by atoms with van der Waals surface area (Å²) in [6.07, 6.45) is 1.08. The lowest BCUT2D eigenvalue weighted by molar-refractivity contribution is 0.135. The summed E-state index contributed by atoms with van der Waals surface area (Å²) in [6, 6.07) is 6.21. The smallest absolute Gasteiger partial charge is 0.125 e. The molecule has 0 fully saturated rings. The zero-order valence-electron chi connectivity index (χ0n) is 11.8. The fourth-order valence-electron chi connectivity index (χ4n) is 1.77. The van der Waals surface area contributed by atoms with E-state index in [9.17, 15) is 0 Å². The minimum Gasteiger partial charge on any atom is -0.492 e. The summed E-state index contributed by atoms with van der Waals surface area (Å²) < 4.78 is 11.2. The highest BCUT2D eigenvalue weighted by atomic mass is 16.5. The van der Waals surface area contributed by atoms with Gasteiger partial charge in [-0.2, -0.15) is 0 Å². The quantitative estimate of drug-likeness (QED) is 0.685. The van der Waals surface area contributed by atoms with Crippen LogP contribution in [0.1, 0.15) is 24.5 Å². The van der Waals surface area contributed by atoms with Crippen LogP contribution in [0.4, 0.5) is 0 Å². The zero-order chi connectivity index (χ0) is 13.2. The van der Waals surface area contributed by atoms with Crippen molar-refractivity contribution >= 4 is 0 Å². The second-order valence-electron chi connectivity index (χ2n) is 4.43. The van der Waals surface area contributed by atoms with E-state index in [4.69, 9.17) is 9.47 Å². The molecule has 1 N–H and O–H groups in total. The third kappa shape index (κ3) is 5.52. The number of hydrogen-bond donors (Lipinski definition) is 1. The Labute approximate surface area is 110 Å². The molecule has 102 valence electrons. The first-order valence-corrected chi connectivity index (χ1v) is 6.73. The van der Waals surface area contributed by atoms with Gasteiger partial charge in [-0.15, -0.1) is 0 Å². The van der Waals surface area contributed by atoms with Crippen LogP contribution in [-0.2, 0) is 4.74 Å². The Kier molecular flexibility index (Phi) is 7.46. The molecular formula is C15H25NO2. The van der Waals surface area contributed by atoms with Crippen LogP contribution in [0.3, 0.4) is 0 Å². The van der Waals surface area contributed by atoms with Gasteiger partial charge in [-0.3, -0.25) is 0 Å². The van der Waals surface area contributed by atoms with Crippen LogP contribution in [0.2, 0.25) is 0 Å². The molecule has 0 amide bonds. The SMILES string of the molecule is CCCOCCNCCOc1c(C)cccc1C. The molecule has 0 radical (unpaired) electrons. The monoisotopic (exact) mass is 251 g/mol. The van der Waals surface area contributed by atoms with E-state index in [2.05, 4.69) is 44.3 Å². The van der Waals surface area contributed by atoms with Crippen molar-refractivity contribution in [3.8, 4) is 5.75 Å². The standard InChI is InChI=1S/C15H25NO2/c1-4-10-17-11-8-16-9-12-18-15-13(2)6-5-7-14(15)3/h5-7,16H,4,8-12H2,1-3H3. The molecular weight excluding hydrogens is 226 g/mol. The average molecular weight is 251 g/mol. The molecule has 1 rings (SSSR count). The molecule has 0 bridgehead atoms. The molecule has 0 atom stereocenters. The summed E-state index contributed by atoms with van der Waals surface area (Å²) in [7, 11) is 0. The molecule has 3 nitrogen and oxygen atoms in total. The van der Waals surface area contributed by atoms with Gasteiger partial charge in [-0.1, -0.05) is 25.1 Å². The second kappa shape index (κ2) is 8.95. The topological polar surface area (TPSA) is 30.5 Å². The van der Waals surface area contributed by atoms with Crippen molar-refractivity contribution in [2.45, 2.75) is 27.2 Å². The fourth-order valence-corrected chi connectivity index (χ4v) is 1.77. The lowest BCUT2D eigenvalue weighted by Gasteiger charge is -2.12. The van der Waals surface area contributed by atoms with Crippen molar-refractivity contribution in [3.05, 3.63) is 29.3 Å². The molecule has 0 aliphatic heterocycles. The number of benzene rings is 1. The van der Waals surface area contributed by atoms with E-state index in [1.54, 1.807) is 0 Å². The molecule has 3 heteroatoms. The molecule has 0 saturated carbocycles. The van der Waals surface area contributed by atoms with Crippen molar-refractivity contribution < 1.29 is 9.47 Å². The average Bonchev–Trinajstić information content (AvgIpc) is 2.35. The Morgan fingerprint density at radius 3 is 2.33 bits per heavy atom. The van der Waals surface area contributed by atoms with Crippen molar-refractivity contribution in [1.82, 2.24) is 5.32 Å². The van der Waals surface area contributed by atoms with E-state index in [0.717, 1.165) is 38.5 Å². The highest BCUT2D eigenvalue weighted by Gasteiger charge is 2.02. The van der Waals surface area contributed by atoms with Gasteiger partial charge in [0.15, 0.2) is 0 Å². The fraction of sp³-hybridized carbons (Fsp3) is 0.600. The maximum Gasteiger partial charge on any atom is 0.125 e. The lowest BCUT2D eigenvalue weighted by Crippen LogP contribution is -2.25. The zero-order valence-corrected chi connectivity index (χ0v) is 11.8.